The number of unbranched alkanes of at least 4 members (excludes halogenated alkanes) is 10. The fourth-order valence-corrected chi connectivity index (χ4v) is 6.98. The van der Waals surface area contributed by atoms with Crippen molar-refractivity contribution in [2.24, 2.45) is 0 Å². The van der Waals surface area contributed by atoms with Gasteiger partial charge in [0, 0.05) is 30.6 Å². The molecule has 10 nitrogen and oxygen atoms in total. The summed E-state index contributed by atoms with van der Waals surface area (Å²) in [5.74, 6) is -2.11. The Morgan fingerprint density at radius 2 is 1.00 bits per heavy atom. The molecule has 0 aromatic heterocycles. The lowest BCUT2D eigenvalue weighted by molar-refractivity contribution is -0.240. The SMILES string of the molecule is CCCCCCCC(=O)O[C@H]1[C@@H](OC(=O)CCCCC)[C@H](OC(=O)CCCCC)[C@@H](COC(=O)CCCCC)O[C@@H]1S(=O)c1ccccc1. The van der Waals surface area contributed by atoms with Gasteiger partial charge in [0.1, 0.15) is 12.7 Å². The second kappa shape index (κ2) is 25.2. The Kier molecular flexibility index (Phi) is 21.8. The van der Waals surface area contributed by atoms with Crippen LogP contribution in [0.15, 0.2) is 35.2 Å². The minimum absolute atomic E-state index is 0.101. The molecule has 1 heterocycles. The van der Waals surface area contributed by atoms with Crippen LogP contribution in [-0.2, 0) is 53.7 Å². The van der Waals surface area contributed by atoms with Crippen LogP contribution in [0.25, 0.3) is 0 Å². The minimum atomic E-state index is -1.92. The zero-order valence-corrected chi connectivity index (χ0v) is 31.0. The highest BCUT2D eigenvalue weighted by atomic mass is 32.2. The number of carbonyl (C=O) groups is 4. The number of ether oxygens (including phenoxy) is 5. The summed E-state index contributed by atoms with van der Waals surface area (Å²) < 4.78 is 44.2. The number of benzene rings is 1. The van der Waals surface area contributed by atoms with Crippen LogP contribution in [0.5, 0.6) is 0 Å². The molecule has 0 aliphatic carbocycles. The Bertz CT molecular complexity index is 1130. The van der Waals surface area contributed by atoms with Crippen molar-refractivity contribution in [1.29, 1.82) is 0 Å². The fraction of sp³-hybridized carbons (Fsp3) is 0.737. The lowest BCUT2D eigenvalue weighted by Crippen LogP contribution is -2.63. The van der Waals surface area contributed by atoms with E-state index in [-0.39, 0.29) is 32.3 Å². The second-order valence-electron chi connectivity index (χ2n) is 12.7. The molecule has 278 valence electrons. The number of hydrogen-bond acceptors (Lipinski definition) is 10. The highest BCUT2D eigenvalue weighted by Crippen LogP contribution is 2.33. The Morgan fingerprint density at radius 3 is 1.53 bits per heavy atom. The maximum absolute atomic E-state index is 14.2. The lowest BCUT2D eigenvalue weighted by Gasteiger charge is -2.44. The summed E-state index contributed by atoms with van der Waals surface area (Å²) in [6.07, 6.45) is 7.06. The van der Waals surface area contributed by atoms with Crippen LogP contribution in [0.2, 0.25) is 0 Å². The molecule has 6 atom stereocenters. The van der Waals surface area contributed by atoms with Crippen molar-refractivity contribution >= 4 is 34.7 Å². The molecule has 0 spiro atoms. The molecule has 11 heteroatoms. The van der Waals surface area contributed by atoms with Gasteiger partial charge in [0.25, 0.3) is 0 Å². The van der Waals surface area contributed by atoms with Gasteiger partial charge in [0.05, 0.1) is 10.8 Å². The fourth-order valence-electron chi connectivity index (χ4n) is 5.59. The summed E-state index contributed by atoms with van der Waals surface area (Å²) >= 11 is 0. The number of rotatable bonds is 25. The highest BCUT2D eigenvalue weighted by molar-refractivity contribution is 7.85. The van der Waals surface area contributed by atoms with E-state index < -0.39 is 64.5 Å². The molecule has 1 aromatic carbocycles. The molecular weight excluding hydrogens is 648 g/mol. The second-order valence-corrected chi connectivity index (χ2v) is 14.3. The monoisotopic (exact) mass is 708 g/mol. The van der Waals surface area contributed by atoms with Crippen LogP contribution in [0.3, 0.4) is 0 Å². The van der Waals surface area contributed by atoms with E-state index in [4.69, 9.17) is 23.7 Å². The molecule has 0 saturated carbocycles. The number of hydrogen-bond donors (Lipinski definition) is 0. The number of carbonyl (C=O) groups excluding carboxylic acids is 4. The quantitative estimate of drug-likeness (QED) is 0.0561. The van der Waals surface area contributed by atoms with Gasteiger partial charge in [-0.2, -0.15) is 0 Å². The van der Waals surface area contributed by atoms with E-state index in [2.05, 4.69) is 6.92 Å². The van der Waals surface area contributed by atoms with Crippen molar-refractivity contribution in [2.75, 3.05) is 6.61 Å². The third-order valence-corrected chi connectivity index (χ3v) is 9.96. The van der Waals surface area contributed by atoms with Gasteiger partial charge in [-0.3, -0.25) is 23.4 Å². The van der Waals surface area contributed by atoms with Crippen molar-refractivity contribution in [3.63, 3.8) is 0 Å². The van der Waals surface area contributed by atoms with Crippen LogP contribution < -0.4 is 0 Å². The van der Waals surface area contributed by atoms with Crippen LogP contribution in [-0.4, -0.2) is 64.5 Å². The largest absolute Gasteiger partial charge is 0.463 e. The maximum Gasteiger partial charge on any atom is 0.306 e. The molecular formula is C38H60O10S. The van der Waals surface area contributed by atoms with Gasteiger partial charge in [-0.05, 0) is 37.8 Å². The summed E-state index contributed by atoms with van der Waals surface area (Å²) in [6, 6.07) is 8.58. The summed E-state index contributed by atoms with van der Waals surface area (Å²) in [4.78, 5) is 52.9. The summed E-state index contributed by atoms with van der Waals surface area (Å²) in [5, 5.41) is 0. The van der Waals surface area contributed by atoms with Crippen molar-refractivity contribution in [3.05, 3.63) is 30.3 Å². The van der Waals surface area contributed by atoms with E-state index in [1.165, 1.54) is 0 Å². The molecule has 0 N–H and O–H groups in total. The van der Waals surface area contributed by atoms with Crippen LogP contribution in [0.4, 0.5) is 0 Å². The van der Waals surface area contributed by atoms with Gasteiger partial charge < -0.3 is 23.7 Å². The molecule has 2 rings (SSSR count). The van der Waals surface area contributed by atoms with E-state index >= 15 is 0 Å². The van der Waals surface area contributed by atoms with Crippen molar-refractivity contribution in [1.82, 2.24) is 0 Å². The first kappa shape index (κ1) is 42.4. The van der Waals surface area contributed by atoms with Crippen molar-refractivity contribution < 1.29 is 47.1 Å². The standard InChI is InChI=1S/C38H60O10S/c1-5-9-13-14-21-27-34(42)48-37-36(47-33(41)26-18-12-8-4)35(46-32(40)25-17-11-7-3)30(28-44-31(39)24-16-10-6-2)45-38(37)49(43)29-22-19-15-20-23-29/h15,19-20,22-23,30,35-38H,5-14,16-18,21,24-28H2,1-4H3/t30-,35-,36+,37+,38-,49?/m1/s1. The third kappa shape index (κ3) is 16.2. The zero-order chi connectivity index (χ0) is 35.9. The Hall–Kier alpha value is -2.79. The van der Waals surface area contributed by atoms with Crippen LogP contribution >= 0.6 is 0 Å². The molecule has 0 radical (unpaired) electrons. The van der Waals surface area contributed by atoms with E-state index in [0.29, 0.717) is 30.6 Å². The molecule has 1 aromatic rings. The van der Waals surface area contributed by atoms with Gasteiger partial charge >= 0.3 is 23.9 Å². The molecule has 1 saturated heterocycles. The molecule has 0 amide bonds. The highest BCUT2D eigenvalue weighted by Gasteiger charge is 2.54. The molecule has 1 unspecified atom stereocenters. The molecule has 1 fully saturated rings. The Labute approximate surface area is 296 Å². The lowest BCUT2D eigenvalue weighted by atomic mass is 9.98. The van der Waals surface area contributed by atoms with Gasteiger partial charge in [-0.15, -0.1) is 0 Å². The van der Waals surface area contributed by atoms with Crippen LogP contribution in [0.1, 0.15) is 143 Å². The first-order valence-electron chi connectivity index (χ1n) is 18.6. The molecule has 49 heavy (non-hydrogen) atoms. The van der Waals surface area contributed by atoms with E-state index in [9.17, 15) is 23.4 Å². The summed E-state index contributed by atoms with van der Waals surface area (Å²) in [7, 11) is -1.92. The first-order valence-corrected chi connectivity index (χ1v) is 19.8. The van der Waals surface area contributed by atoms with E-state index in [1.807, 2.05) is 20.8 Å². The third-order valence-electron chi connectivity index (χ3n) is 8.43. The Morgan fingerprint density at radius 1 is 0.571 bits per heavy atom. The Balaban J connectivity index is 2.52. The molecule has 0 bridgehead atoms. The smallest absolute Gasteiger partial charge is 0.306 e. The zero-order valence-electron chi connectivity index (χ0n) is 30.2. The first-order chi connectivity index (χ1) is 23.7. The molecule has 1 aliphatic rings. The van der Waals surface area contributed by atoms with Crippen molar-refractivity contribution in [3.8, 4) is 0 Å². The minimum Gasteiger partial charge on any atom is -0.463 e. The summed E-state index contributed by atoms with van der Waals surface area (Å²) in [5.41, 5.74) is -1.31. The maximum atomic E-state index is 14.2. The topological polar surface area (TPSA) is 132 Å². The average molecular weight is 709 g/mol. The van der Waals surface area contributed by atoms with E-state index in [0.717, 1.165) is 64.2 Å². The van der Waals surface area contributed by atoms with Gasteiger partial charge in [0.2, 0.25) is 0 Å². The van der Waals surface area contributed by atoms with E-state index in [1.54, 1.807) is 30.3 Å². The van der Waals surface area contributed by atoms with Crippen LogP contribution in [0, 0.1) is 0 Å². The average Bonchev–Trinajstić information content (AvgIpc) is 3.09. The normalized spacial score (nSPS) is 21.0. The number of esters is 4. The summed E-state index contributed by atoms with van der Waals surface area (Å²) in [6.45, 7) is 7.86. The van der Waals surface area contributed by atoms with Gasteiger partial charge in [0.15, 0.2) is 23.7 Å². The predicted molar refractivity (Wildman–Crippen MR) is 188 cm³/mol. The predicted octanol–water partition coefficient (Wildman–Crippen LogP) is 7.90. The van der Waals surface area contributed by atoms with Gasteiger partial charge in [-0.25, -0.2) is 0 Å². The van der Waals surface area contributed by atoms with Gasteiger partial charge in [-0.1, -0.05) is 110 Å². The van der Waals surface area contributed by atoms with Crippen molar-refractivity contribution in [2.45, 2.75) is 178 Å². The molecule has 1 aliphatic heterocycles.